The molecule has 0 bridgehead atoms. The summed E-state index contributed by atoms with van der Waals surface area (Å²) in [5, 5.41) is 9.62. The third kappa shape index (κ3) is 5.34. The van der Waals surface area contributed by atoms with Crippen LogP contribution >= 0.6 is 11.8 Å². The zero-order chi connectivity index (χ0) is 20.8. The van der Waals surface area contributed by atoms with Gasteiger partial charge in [-0.3, -0.25) is 0 Å². The van der Waals surface area contributed by atoms with Crippen LogP contribution in [0.2, 0.25) is 0 Å². The number of hydrogen-bond donors (Lipinski definition) is 1. The normalized spacial score (nSPS) is 20.1. The summed E-state index contributed by atoms with van der Waals surface area (Å²) in [5.41, 5.74) is 2.03. The lowest BCUT2D eigenvalue weighted by atomic mass is 10.0. The van der Waals surface area contributed by atoms with Crippen LogP contribution in [-0.2, 0) is 16.1 Å². The van der Waals surface area contributed by atoms with E-state index in [0.29, 0.717) is 25.3 Å². The van der Waals surface area contributed by atoms with E-state index in [-0.39, 0.29) is 11.2 Å². The van der Waals surface area contributed by atoms with Gasteiger partial charge in [-0.15, -0.1) is 11.8 Å². The SMILES string of the molecule is CCCCSC1C(C(=O)O)=C(C)C=C(N2CCOCC2)N1Cc1cccc(F)c1. The van der Waals surface area contributed by atoms with Crippen molar-refractivity contribution in [1.29, 1.82) is 0 Å². The Balaban J connectivity index is 1.99. The van der Waals surface area contributed by atoms with Gasteiger partial charge in [0, 0.05) is 19.6 Å². The highest BCUT2D eigenvalue weighted by molar-refractivity contribution is 8.00. The topological polar surface area (TPSA) is 53.0 Å². The molecule has 1 aromatic rings. The number of halogens is 1. The number of thioether (sulfide) groups is 1. The third-order valence-corrected chi connectivity index (χ3v) is 6.51. The van der Waals surface area contributed by atoms with E-state index in [1.807, 2.05) is 19.1 Å². The molecule has 0 radical (unpaired) electrons. The molecule has 3 rings (SSSR count). The van der Waals surface area contributed by atoms with Crippen LogP contribution in [0.1, 0.15) is 32.3 Å². The van der Waals surface area contributed by atoms with Crippen molar-refractivity contribution in [2.24, 2.45) is 0 Å². The zero-order valence-electron chi connectivity index (χ0n) is 17.1. The molecule has 7 heteroatoms. The number of rotatable bonds is 8. The quantitative estimate of drug-likeness (QED) is 0.640. The zero-order valence-corrected chi connectivity index (χ0v) is 17.9. The largest absolute Gasteiger partial charge is 0.478 e. The Morgan fingerprint density at radius 1 is 1.34 bits per heavy atom. The molecular weight excluding hydrogens is 391 g/mol. The lowest BCUT2D eigenvalue weighted by molar-refractivity contribution is -0.133. The van der Waals surface area contributed by atoms with Crippen molar-refractivity contribution in [3.05, 3.63) is 58.7 Å². The maximum absolute atomic E-state index is 13.8. The first-order valence-corrected chi connectivity index (χ1v) is 11.2. The van der Waals surface area contributed by atoms with E-state index in [4.69, 9.17) is 4.74 Å². The first kappa shape index (κ1) is 21.7. The highest BCUT2D eigenvalue weighted by Gasteiger charge is 2.36. The molecule has 0 aliphatic carbocycles. The van der Waals surface area contributed by atoms with Gasteiger partial charge >= 0.3 is 5.97 Å². The maximum Gasteiger partial charge on any atom is 0.334 e. The Hall–Kier alpha value is -1.99. The van der Waals surface area contributed by atoms with E-state index >= 15 is 0 Å². The van der Waals surface area contributed by atoms with Gasteiger partial charge in [-0.1, -0.05) is 25.5 Å². The number of nitrogens with zero attached hydrogens (tertiary/aromatic N) is 2. The van der Waals surface area contributed by atoms with Gasteiger partial charge in [0.15, 0.2) is 0 Å². The molecule has 0 amide bonds. The fourth-order valence-corrected chi connectivity index (χ4v) is 5.17. The fourth-order valence-electron chi connectivity index (χ4n) is 3.67. The van der Waals surface area contributed by atoms with E-state index in [2.05, 4.69) is 16.7 Å². The van der Waals surface area contributed by atoms with Gasteiger partial charge < -0.3 is 19.6 Å². The molecule has 1 atom stereocenters. The van der Waals surface area contributed by atoms with Crippen LogP contribution < -0.4 is 0 Å². The Kier molecular flexibility index (Phi) is 7.61. The number of carboxylic acids is 1. The summed E-state index contributed by atoms with van der Waals surface area (Å²) < 4.78 is 19.3. The van der Waals surface area contributed by atoms with Crippen LogP contribution in [0.5, 0.6) is 0 Å². The Morgan fingerprint density at radius 2 is 2.10 bits per heavy atom. The van der Waals surface area contributed by atoms with E-state index in [1.165, 1.54) is 12.1 Å². The molecule has 1 saturated heterocycles. The molecule has 158 valence electrons. The molecule has 2 aliphatic heterocycles. The van der Waals surface area contributed by atoms with Gasteiger partial charge in [0.1, 0.15) is 17.0 Å². The maximum atomic E-state index is 13.8. The van der Waals surface area contributed by atoms with Crippen molar-refractivity contribution in [2.75, 3.05) is 32.1 Å². The van der Waals surface area contributed by atoms with Crippen molar-refractivity contribution >= 4 is 17.7 Å². The van der Waals surface area contributed by atoms with E-state index in [0.717, 1.165) is 48.6 Å². The number of allylic oxidation sites excluding steroid dienone is 2. The highest BCUT2D eigenvalue weighted by atomic mass is 32.2. The Bertz CT molecular complexity index is 790. The standard InChI is InChI=1S/C22H29FN2O3S/c1-3-4-12-29-21-20(22(26)27)16(2)13-19(24-8-10-28-11-9-24)25(21)15-17-6-5-7-18(23)14-17/h5-7,13-14,21H,3-4,8-12,15H2,1-2H3,(H,26,27). The predicted molar refractivity (Wildman–Crippen MR) is 114 cm³/mol. The molecule has 0 aromatic heterocycles. The van der Waals surface area contributed by atoms with E-state index in [1.54, 1.807) is 17.8 Å². The lowest BCUT2D eigenvalue weighted by Crippen LogP contribution is -2.47. The second kappa shape index (κ2) is 10.2. The number of ether oxygens (including phenoxy) is 1. The number of hydrogen-bond acceptors (Lipinski definition) is 5. The first-order valence-electron chi connectivity index (χ1n) is 10.1. The lowest BCUT2D eigenvalue weighted by Gasteiger charge is -2.44. The van der Waals surface area contributed by atoms with Crippen LogP contribution in [0.25, 0.3) is 0 Å². The number of morpholine rings is 1. The number of unbranched alkanes of at least 4 members (excludes halogenated alkanes) is 1. The first-order chi connectivity index (χ1) is 14.0. The Labute approximate surface area is 176 Å². The molecule has 2 heterocycles. The number of benzene rings is 1. The minimum absolute atomic E-state index is 0.281. The Morgan fingerprint density at radius 3 is 2.76 bits per heavy atom. The van der Waals surface area contributed by atoms with Gasteiger partial charge in [0.2, 0.25) is 0 Å². The average Bonchev–Trinajstić information content (AvgIpc) is 2.70. The summed E-state index contributed by atoms with van der Waals surface area (Å²) in [6, 6.07) is 6.54. The van der Waals surface area contributed by atoms with Gasteiger partial charge in [-0.05, 0) is 48.4 Å². The minimum atomic E-state index is -0.891. The van der Waals surface area contributed by atoms with Crippen LogP contribution in [0.4, 0.5) is 4.39 Å². The van der Waals surface area contributed by atoms with Crippen LogP contribution in [0, 0.1) is 5.82 Å². The molecule has 29 heavy (non-hydrogen) atoms. The smallest absolute Gasteiger partial charge is 0.334 e. The summed E-state index contributed by atoms with van der Waals surface area (Å²) in [6.07, 6.45) is 4.04. The van der Waals surface area contributed by atoms with Crippen LogP contribution in [0.3, 0.4) is 0 Å². The number of carboxylic acid groups (broad SMARTS) is 1. The molecule has 0 spiro atoms. The van der Waals surface area contributed by atoms with E-state index in [9.17, 15) is 14.3 Å². The molecule has 1 unspecified atom stereocenters. The van der Waals surface area contributed by atoms with Crippen molar-refractivity contribution in [3.63, 3.8) is 0 Å². The molecule has 5 nitrogen and oxygen atoms in total. The molecule has 1 fully saturated rings. The number of carbonyl (C=O) groups is 1. The van der Waals surface area contributed by atoms with Gasteiger partial charge in [-0.25, -0.2) is 9.18 Å². The summed E-state index contributed by atoms with van der Waals surface area (Å²) in [7, 11) is 0. The van der Waals surface area contributed by atoms with Crippen LogP contribution in [-0.4, -0.2) is 58.3 Å². The van der Waals surface area contributed by atoms with Gasteiger partial charge in [0.05, 0.1) is 18.8 Å². The molecule has 2 aliphatic rings. The van der Waals surface area contributed by atoms with Crippen molar-refractivity contribution in [1.82, 2.24) is 9.80 Å². The number of aliphatic carboxylic acids is 1. The molecule has 0 saturated carbocycles. The summed E-state index contributed by atoms with van der Waals surface area (Å²) in [5.74, 6) is 0.699. The fraction of sp³-hybridized carbons (Fsp3) is 0.500. The molecular formula is C22H29FN2O3S. The summed E-state index contributed by atoms with van der Waals surface area (Å²) in [4.78, 5) is 16.5. The predicted octanol–water partition coefficient (Wildman–Crippen LogP) is 4.08. The van der Waals surface area contributed by atoms with Crippen LogP contribution in [0.15, 0.2) is 47.3 Å². The van der Waals surface area contributed by atoms with Crippen molar-refractivity contribution < 1.29 is 19.0 Å². The van der Waals surface area contributed by atoms with Crippen molar-refractivity contribution in [2.45, 2.75) is 38.6 Å². The highest BCUT2D eigenvalue weighted by Crippen LogP contribution is 2.37. The monoisotopic (exact) mass is 420 g/mol. The summed E-state index contributed by atoms with van der Waals surface area (Å²) >= 11 is 1.66. The van der Waals surface area contributed by atoms with Gasteiger partial charge in [-0.2, -0.15) is 0 Å². The van der Waals surface area contributed by atoms with Crippen molar-refractivity contribution in [3.8, 4) is 0 Å². The third-order valence-electron chi connectivity index (χ3n) is 5.18. The summed E-state index contributed by atoms with van der Waals surface area (Å²) in [6.45, 7) is 7.26. The average molecular weight is 421 g/mol. The van der Waals surface area contributed by atoms with E-state index < -0.39 is 5.97 Å². The second-order valence-electron chi connectivity index (χ2n) is 7.34. The molecule has 1 aromatic carbocycles. The minimum Gasteiger partial charge on any atom is -0.478 e. The molecule has 1 N–H and O–H groups in total. The second-order valence-corrected chi connectivity index (χ2v) is 8.53. The van der Waals surface area contributed by atoms with Gasteiger partial charge in [0.25, 0.3) is 0 Å².